The monoisotopic (exact) mass is 288 g/mol. The Morgan fingerprint density at radius 1 is 1.19 bits per heavy atom. The van der Waals surface area contributed by atoms with Crippen LogP contribution in [0.15, 0.2) is 4.42 Å². The van der Waals surface area contributed by atoms with Crippen molar-refractivity contribution in [1.82, 2.24) is 19.7 Å². The molecule has 0 fully saturated rings. The third-order valence-electron chi connectivity index (χ3n) is 4.21. The summed E-state index contributed by atoms with van der Waals surface area (Å²) in [4.78, 5) is 14.6. The SMILES string of the molecule is CCc1nnc2n1CCN(C(=O)c1c(C)oc(C)c1C)C2. The zero-order valence-electron chi connectivity index (χ0n) is 12.9. The molecule has 6 nitrogen and oxygen atoms in total. The van der Waals surface area contributed by atoms with Crippen LogP contribution < -0.4 is 0 Å². The van der Waals surface area contributed by atoms with E-state index in [0.29, 0.717) is 24.4 Å². The Morgan fingerprint density at radius 2 is 1.95 bits per heavy atom. The lowest BCUT2D eigenvalue weighted by molar-refractivity contribution is 0.0704. The number of carbonyl (C=O) groups is 1. The molecule has 3 rings (SSSR count). The predicted molar refractivity (Wildman–Crippen MR) is 77.1 cm³/mol. The molecule has 2 aromatic rings. The highest BCUT2D eigenvalue weighted by molar-refractivity contribution is 5.96. The van der Waals surface area contributed by atoms with E-state index in [1.165, 1.54) is 0 Å². The van der Waals surface area contributed by atoms with Gasteiger partial charge in [-0.1, -0.05) is 6.92 Å². The molecular formula is C15H20N4O2. The maximum Gasteiger partial charge on any atom is 0.258 e. The number of rotatable bonds is 2. The van der Waals surface area contributed by atoms with Gasteiger partial charge >= 0.3 is 0 Å². The van der Waals surface area contributed by atoms with Crippen molar-refractivity contribution in [3.05, 3.63) is 34.3 Å². The minimum absolute atomic E-state index is 0.0224. The number of aromatic nitrogens is 3. The van der Waals surface area contributed by atoms with E-state index in [0.717, 1.165) is 35.9 Å². The molecular weight excluding hydrogens is 268 g/mol. The molecule has 1 aliphatic rings. The minimum Gasteiger partial charge on any atom is -0.466 e. The molecule has 0 saturated carbocycles. The second-order valence-corrected chi connectivity index (χ2v) is 5.48. The first-order valence-corrected chi connectivity index (χ1v) is 7.29. The standard InChI is InChI=1S/C15H20N4O2/c1-5-12-16-17-13-8-18(6-7-19(12)13)15(20)14-9(2)10(3)21-11(14)4/h5-8H2,1-4H3. The molecule has 0 spiro atoms. The van der Waals surface area contributed by atoms with Gasteiger partial charge in [-0.3, -0.25) is 4.79 Å². The van der Waals surface area contributed by atoms with Crippen LogP contribution in [-0.4, -0.2) is 32.1 Å². The van der Waals surface area contributed by atoms with Crippen molar-refractivity contribution in [3.63, 3.8) is 0 Å². The molecule has 3 heterocycles. The summed E-state index contributed by atoms with van der Waals surface area (Å²) in [5, 5.41) is 8.38. The summed E-state index contributed by atoms with van der Waals surface area (Å²) in [5.74, 6) is 3.38. The maximum atomic E-state index is 12.7. The highest BCUT2D eigenvalue weighted by Gasteiger charge is 2.28. The molecule has 0 saturated heterocycles. The molecule has 0 N–H and O–H groups in total. The van der Waals surface area contributed by atoms with E-state index in [1.54, 1.807) is 0 Å². The van der Waals surface area contributed by atoms with Gasteiger partial charge in [0.2, 0.25) is 0 Å². The fraction of sp³-hybridized carbons (Fsp3) is 0.533. The molecule has 0 bridgehead atoms. The Hall–Kier alpha value is -2.11. The van der Waals surface area contributed by atoms with Crippen LogP contribution in [0, 0.1) is 20.8 Å². The van der Waals surface area contributed by atoms with Crippen LogP contribution in [0.3, 0.4) is 0 Å². The summed E-state index contributed by atoms with van der Waals surface area (Å²) in [6.45, 7) is 9.67. The number of furan rings is 1. The number of hydrogen-bond donors (Lipinski definition) is 0. The lowest BCUT2D eigenvalue weighted by atomic mass is 10.1. The van der Waals surface area contributed by atoms with Crippen LogP contribution in [0.5, 0.6) is 0 Å². The average Bonchev–Trinajstić information content (AvgIpc) is 2.99. The molecule has 0 aliphatic carbocycles. The normalized spacial score (nSPS) is 14.4. The Morgan fingerprint density at radius 3 is 2.57 bits per heavy atom. The number of amides is 1. The first kappa shape index (κ1) is 13.9. The molecule has 0 unspecified atom stereocenters. The zero-order chi connectivity index (χ0) is 15.1. The number of hydrogen-bond acceptors (Lipinski definition) is 4. The highest BCUT2D eigenvalue weighted by Crippen LogP contribution is 2.24. The van der Waals surface area contributed by atoms with Crippen molar-refractivity contribution in [3.8, 4) is 0 Å². The van der Waals surface area contributed by atoms with Gasteiger partial charge in [0.05, 0.1) is 12.1 Å². The predicted octanol–water partition coefficient (Wildman–Crippen LogP) is 2.01. The summed E-state index contributed by atoms with van der Waals surface area (Å²) < 4.78 is 7.68. The Balaban J connectivity index is 1.87. The van der Waals surface area contributed by atoms with Crippen LogP contribution in [0.1, 0.15) is 46.0 Å². The minimum atomic E-state index is 0.0224. The Kier molecular flexibility index (Phi) is 3.31. The van der Waals surface area contributed by atoms with Crippen molar-refractivity contribution < 1.29 is 9.21 Å². The molecule has 0 radical (unpaired) electrons. The third kappa shape index (κ3) is 2.14. The van der Waals surface area contributed by atoms with E-state index in [9.17, 15) is 4.79 Å². The number of fused-ring (bicyclic) bond motifs is 1. The first-order chi connectivity index (χ1) is 10.0. The van der Waals surface area contributed by atoms with Crippen LogP contribution in [0.2, 0.25) is 0 Å². The third-order valence-corrected chi connectivity index (χ3v) is 4.21. The summed E-state index contributed by atoms with van der Waals surface area (Å²) in [6.07, 6.45) is 0.861. The lowest BCUT2D eigenvalue weighted by Crippen LogP contribution is -2.39. The molecule has 0 aromatic carbocycles. The van der Waals surface area contributed by atoms with E-state index in [-0.39, 0.29) is 5.91 Å². The first-order valence-electron chi connectivity index (χ1n) is 7.29. The summed E-state index contributed by atoms with van der Waals surface area (Å²) >= 11 is 0. The van der Waals surface area contributed by atoms with E-state index >= 15 is 0 Å². The van der Waals surface area contributed by atoms with Crippen molar-refractivity contribution in [2.75, 3.05) is 6.54 Å². The second kappa shape index (κ2) is 5.02. The van der Waals surface area contributed by atoms with E-state index in [4.69, 9.17) is 4.42 Å². The molecule has 21 heavy (non-hydrogen) atoms. The van der Waals surface area contributed by atoms with Crippen molar-refractivity contribution in [2.45, 2.75) is 47.2 Å². The molecule has 6 heteroatoms. The molecule has 1 amide bonds. The van der Waals surface area contributed by atoms with Crippen molar-refractivity contribution >= 4 is 5.91 Å². The fourth-order valence-corrected chi connectivity index (χ4v) is 2.92. The quantitative estimate of drug-likeness (QED) is 0.848. The molecule has 1 aliphatic heterocycles. The van der Waals surface area contributed by atoms with Crippen molar-refractivity contribution in [2.24, 2.45) is 0 Å². The van der Waals surface area contributed by atoms with Crippen LogP contribution in [-0.2, 0) is 19.5 Å². The topological polar surface area (TPSA) is 64.2 Å². The van der Waals surface area contributed by atoms with Gasteiger partial charge in [0, 0.05) is 25.1 Å². The van der Waals surface area contributed by atoms with Gasteiger partial charge in [-0.25, -0.2) is 0 Å². The van der Waals surface area contributed by atoms with Crippen LogP contribution in [0.25, 0.3) is 0 Å². The van der Waals surface area contributed by atoms with E-state index < -0.39 is 0 Å². The summed E-state index contributed by atoms with van der Waals surface area (Å²) in [7, 11) is 0. The van der Waals surface area contributed by atoms with Gasteiger partial charge in [-0.2, -0.15) is 0 Å². The van der Waals surface area contributed by atoms with Crippen LogP contribution in [0.4, 0.5) is 0 Å². The largest absolute Gasteiger partial charge is 0.466 e. The van der Waals surface area contributed by atoms with Crippen LogP contribution >= 0.6 is 0 Å². The number of aryl methyl sites for hydroxylation is 3. The van der Waals surface area contributed by atoms with Gasteiger partial charge in [0.15, 0.2) is 5.82 Å². The lowest BCUT2D eigenvalue weighted by Gasteiger charge is -2.28. The molecule has 0 atom stereocenters. The van der Waals surface area contributed by atoms with Gasteiger partial charge < -0.3 is 13.9 Å². The van der Waals surface area contributed by atoms with Gasteiger partial charge in [-0.15, -0.1) is 10.2 Å². The summed E-state index contributed by atoms with van der Waals surface area (Å²) in [5.41, 5.74) is 1.62. The Bertz CT molecular complexity index is 699. The van der Waals surface area contributed by atoms with Gasteiger partial charge in [0.25, 0.3) is 5.91 Å². The van der Waals surface area contributed by atoms with Gasteiger partial charge in [-0.05, 0) is 20.8 Å². The highest BCUT2D eigenvalue weighted by atomic mass is 16.3. The maximum absolute atomic E-state index is 12.7. The zero-order valence-corrected chi connectivity index (χ0v) is 12.9. The number of nitrogens with zero attached hydrogens (tertiary/aromatic N) is 4. The Labute approximate surface area is 123 Å². The number of carbonyl (C=O) groups excluding carboxylic acids is 1. The van der Waals surface area contributed by atoms with E-state index in [1.807, 2.05) is 25.7 Å². The second-order valence-electron chi connectivity index (χ2n) is 5.48. The van der Waals surface area contributed by atoms with Gasteiger partial charge in [0.1, 0.15) is 17.3 Å². The van der Waals surface area contributed by atoms with E-state index in [2.05, 4.69) is 21.7 Å². The molecule has 112 valence electrons. The molecule has 2 aromatic heterocycles. The fourth-order valence-electron chi connectivity index (χ4n) is 2.92. The average molecular weight is 288 g/mol. The smallest absolute Gasteiger partial charge is 0.258 e. The van der Waals surface area contributed by atoms with Crippen molar-refractivity contribution in [1.29, 1.82) is 0 Å². The summed E-state index contributed by atoms with van der Waals surface area (Å²) in [6, 6.07) is 0.